The minimum absolute atomic E-state index is 0.433. The molecule has 3 heterocycles. The molecule has 2 unspecified atom stereocenters. The van der Waals surface area contributed by atoms with Gasteiger partial charge in [-0.15, -0.1) is 0 Å². The Labute approximate surface area is 106 Å². The van der Waals surface area contributed by atoms with Gasteiger partial charge in [0.15, 0.2) is 5.82 Å². The third kappa shape index (κ3) is 1.85. The van der Waals surface area contributed by atoms with Gasteiger partial charge in [-0.05, 0) is 13.0 Å². The van der Waals surface area contributed by atoms with Gasteiger partial charge >= 0.3 is 0 Å². The second-order valence-corrected chi connectivity index (χ2v) is 4.99. The van der Waals surface area contributed by atoms with Gasteiger partial charge in [-0.25, -0.2) is 4.98 Å². The van der Waals surface area contributed by atoms with Crippen molar-refractivity contribution in [3.63, 3.8) is 0 Å². The summed E-state index contributed by atoms with van der Waals surface area (Å²) < 4.78 is 5.58. The van der Waals surface area contributed by atoms with E-state index in [0.29, 0.717) is 17.0 Å². The van der Waals surface area contributed by atoms with Gasteiger partial charge in [-0.2, -0.15) is 0 Å². The molecule has 2 atom stereocenters. The van der Waals surface area contributed by atoms with Crippen LogP contribution in [0.2, 0.25) is 5.02 Å². The molecule has 92 valence electrons. The van der Waals surface area contributed by atoms with Crippen LogP contribution in [0.25, 0.3) is 0 Å². The number of rotatable bonds is 1. The number of likely N-dealkylation sites (N-methyl/N-ethyl adjacent to an activating group) is 1. The number of nitrogens with one attached hydrogen (secondary N) is 1. The fourth-order valence-electron chi connectivity index (χ4n) is 2.70. The van der Waals surface area contributed by atoms with Crippen LogP contribution in [0.4, 0.5) is 11.5 Å². The maximum absolute atomic E-state index is 6.00. The Morgan fingerprint density at radius 2 is 2.47 bits per heavy atom. The molecule has 4 nitrogen and oxygen atoms in total. The molecule has 5 heteroatoms. The van der Waals surface area contributed by atoms with Gasteiger partial charge in [0.1, 0.15) is 0 Å². The molecular formula is C12H16ClN3O. The summed E-state index contributed by atoms with van der Waals surface area (Å²) in [7, 11) is 0. The van der Waals surface area contributed by atoms with Crippen LogP contribution in [0, 0.1) is 5.92 Å². The van der Waals surface area contributed by atoms with Crippen molar-refractivity contribution >= 4 is 23.1 Å². The molecule has 0 aliphatic carbocycles. The van der Waals surface area contributed by atoms with E-state index in [1.165, 1.54) is 0 Å². The summed E-state index contributed by atoms with van der Waals surface area (Å²) in [4.78, 5) is 6.79. The fraction of sp³-hybridized carbons (Fsp3) is 0.583. The van der Waals surface area contributed by atoms with Gasteiger partial charge in [0.05, 0.1) is 30.0 Å². The van der Waals surface area contributed by atoms with Gasteiger partial charge in [0, 0.05) is 25.2 Å². The first-order valence-electron chi connectivity index (χ1n) is 6.03. The molecule has 1 fully saturated rings. The standard InChI is InChI=1S/C12H16ClN3O/c1-2-16-11-7-17-6-8(11)4-14-10-3-9(13)5-15-12(10)16/h3,5,8,11,14H,2,4,6-7H2,1H3. The SMILES string of the molecule is CCN1c2ncc(Cl)cc2NCC2COCC21. The highest BCUT2D eigenvalue weighted by atomic mass is 35.5. The molecule has 1 aromatic heterocycles. The molecule has 0 radical (unpaired) electrons. The Bertz CT molecular complexity index is 426. The lowest BCUT2D eigenvalue weighted by atomic mass is 10.0. The lowest BCUT2D eigenvalue weighted by molar-refractivity contribution is 0.185. The predicted octanol–water partition coefficient (Wildman–Crippen LogP) is 2.00. The molecule has 0 amide bonds. The van der Waals surface area contributed by atoms with E-state index in [2.05, 4.69) is 22.1 Å². The highest BCUT2D eigenvalue weighted by Crippen LogP contribution is 2.34. The lowest BCUT2D eigenvalue weighted by Gasteiger charge is -2.29. The molecular weight excluding hydrogens is 238 g/mol. The molecule has 2 aliphatic heterocycles. The summed E-state index contributed by atoms with van der Waals surface area (Å²) >= 11 is 6.00. The van der Waals surface area contributed by atoms with Crippen LogP contribution in [-0.4, -0.2) is 37.3 Å². The first-order chi connectivity index (χ1) is 8.29. The van der Waals surface area contributed by atoms with E-state index in [1.54, 1.807) is 6.20 Å². The highest BCUT2D eigenvalue weighted by molar-refractivity contribution is 6.30. The van der Waals surface area contributed by atoms with E-state index in [0.717, 1.165) is 37.8 Å². The third-order valence-electron chi connectivity index (χ3n) is 3.57. The molecule has 3 rings (SSSR count). The van der Waals surface area contributed by atoms with E-state index in [9.17, 15) is 0 Å². The van der Waals surface area contributed by atoms with Crippen molar-refractivity contribution < 1.29 is 4.74 Å². The summed E-state index contributed by atoms with van der Waals surface area (Å²) in [6.07, 6.45) is 1.71. The van der Waals surface area contributed by atoms with Gasteiger partial charge in [-0.1, -0.05) is 11.6 Å². The van der Waals surface area contributed by atoms with Crippen LogP contribution in [0.5, 0.6) is 0 Å². The van der Waals surface area contributed by atoms with E-state index < -0.39 is 0 Å². The van der Waals surface area contributed by atoms with Crippen LogP contribution in [0.15, 0.2) is 12.3 Å². The van der Waals surface area contributed by atoms with Crippen LogP contribution in [-0.2, 0) is 4.74 Å². The zero-order chi connectivity index (χ0) is 11.8. The quantitative estimate of drug-likeness (QED) is 0.831. The maximum atomic E-state index is 6.00. The van der Waals surface area contributed by atoms with Crippen molar-refractivity contribution in [3.05, 3.63) is 17.3 Å². The lowest BCUT2D eigenvalue weighted by Crippen LogP contribution is -2.41. The summed E-state index contributed by atoms with van der Waals surface area (Å²) in [6.45, 7) is 5.64. The average Bonchev–Trinajstić information content (AvgIpc) is 2.73. The second-order valence-electron chi connectivity index (χ2n) is 4.56. The molecule has 1 aromatic rings. The Balaban J connectivity index is 2.02. The highest BCUT2D eigenvalue weighted by Gasteiger charge is 2.36. The Hall–Kier alpha value is -1.00. The van der Waals surface area contributed by atoms with Crippen molar-refractivity contribution in [3.8, 4) is 0 Å². The predicted molar refractivity (Wildman–Crippen MR) is 68.9 cm³/mol. The van der Waals surface area contributed by atoms with Crippen LogP contribution in [0.1, 0.15) is 6.92 Å². The first-order valence-corrected chi connectivity index (χ1v) is 6.41. The zero-order valence-corrected chi connectivity index (χ0v) is 10.6. The molecule has 1 N–H and O–H groups in total. The maximum Gasteiger partial charge on any atom is 0.152 e. The third-order valence-corrected chi connectivity index (χ3v) is 3.77. The minimum Gasteiger partial charge on any atom is -0.382 e. The Morgan fingerprint density at radius 1 is 1.59 bits per heavy atom. The van der Waals surface area contributed by atoms with Gasteiger partial charge in [0.2, 0.25) is 0 Å². The van der Waals surface area contributed by atoms with Crippen molar-refractivity contribution in [2.45, 2.75) is 13.0 Å². The fourth-order valence-corrected chi connectivity index (χ4v) is 2.86. The molecule has 0 saturated carbocycles. The van der Waals surface area contributed by atoms with Crippen molar-refractivity contribution in [1.29, 1.82) is 0 Å². The van der Waals surface area contributed by atoms with E-state index in [1.807, 2.05) is 6.07 Å². The van der Waals surface area contributed by atoms with E-state index in [-0.39, 0.29) is 0 Å². The minimum atomic E-state index is 0.433. The number of fused-ring (bicyclic) bond motifs is 2. The topological polar surface area (TPSA) is 37.4 Å². The van der Waals surface area contributed by atoms with Gasteiger partial charge in [-0.3, -0.25) is 0 Å². The number of pyridine rings is 1. The molecule has 0 aromatic carbocycles. The molecule has 0 bridgehead atoms. The molecule has 0 spiro atoms. The van der Waals surface area contributed by atoms with Crippen LogP contribution < -0.4 is 10.2 Å². The molecule has 1 saturated heterocycles. The van der Waals surface area contributed by atoms with Crippen molar-refractivity contribution in [2.24, 2.45) is 5.92 Å². The molecule has 17 heavy (non-hydrogen) atoms. The summed E-state index contributed by atoms with van der Waals surface area (Å²) in [6, 6.07) is 2.39. The Kier molecular flexibility index (Phi) is 2.84. The monoisotopic (exact) mass is 253 g/mol. The van der Waals surface area contributed by atoms with Gasteiger partial charge < -0.3 is 15.0 Å². The number of ether oxygens (including phenoxy) is 1. The largest absolute Gasteiger partial charge is 0.382 e. The Morgan fingerprint density at radius 3 is 3.29 bits per heavy atom. The number of nitrogens with zero attached hydrogens (tertiary/aromatic N) is 2. The number of anilines is 2. The zero-order valence-electron chi connectivity index (χ0n) is 9.82. The summed E-state index contributed by atoms with van der Waals surface area (Å²) in [5.74, 6) is 1.53. The van der Waals surface area contributed by atoms with E-state index >= 15 is 0 Å². The number of hydrogen-bond donors (Lipinski definition) is 1. The van der Waals surface area contributed by atoms with Crippen molar-refractivity contribution in [2.75, 3.05) is 36.5 Å². The number of aromatic nitrogens is 1. The molecule has 2 aliphatic rings. The van der Waals surface area contributed by atoms with E-state index in [4.69, 9.17) is 16.3 Å². The second kappa shape index (κ2) is 4.35. The van der Waals surface area contributed by atoms with Crippen LogP contribution >= 0.6 is 11.6 Å². The first kappa shape index (κ1) is 11.1. The smallest absolute Gasteiger partial charge is 0.152 e. The van der Waals surface area contributed by atoms with Crippen molar-refractivity contribution in [1.82, 2.24) is 4.98 Å². The van der Waals surface area contributed by atoms with Crippen LogP contribution in [0.3, 0.4) is 0 Å². The average molecular weight is 254 g/mol. The number of hydrogen-bond acceptors (Lipinski definition) is 4. The summed E-state index contributed by atoms with van der Waals surface area (Å²) in [5, 5.41) is 4.11. The number of halogens is 1. The van der Waals surface area contributed by atoms with Gasteiger partial charge in [0.25, 0.3) is 0 Å². The normalized spacial score (nSPS) is 27.1. The summed E-state index contributed by atoms with van der Waals surface area (Å²) in [5.41, 5.74) is 1.04.